The maximum absolute atomic E-state index is 12.1. The molecule has 2 N–H and O–H groups in total. The van der Waals surface area contributed by atoms with Gasteiger partial charge in [0.05, 0.1) is 36.8 Å². The normalized spacial score (nSPS) is 17.1. The Morgan fingerprint density at radius 1 is 1.02 bits per heavy atom. The summed E-state index contributed by atoms with van der Waals surface area (Å²) < 4.78 is 34.6. The molecule has 40 heavy (non-hydrogen) atoms. The van der Waals surface area contributed by atoms with Gasteiger partial charge in [-0.3, -0.25) is 9.71 Å². The van der Waals surface area contributed by atoms with E-state index in [4.69, 9.17) is 17.0 Å². The van der Waals surface area contributed by atoms with Gasteiger partial charge in [-0.05, 0) is 99.1 Å². The van der Waals surface area contributed by atoms with Crippen LogP contribution in [0, 0.1) is 27.7 Å². The second-order valence-electron chi connectivity index (χ2n) is 10.1. The van der Waals surface area contributed by atoms with Crippen molar-refractivity contribution in [3.8, 4) is 11.4 Å². The first-order valence-corrected chi connectivity index (χ1v) is 15.2. The topological polar surface area (TPSA) is 88.5 Å². The van der Waals surface area contributed by atoms with Crippen molar-refractivity contribution in [1.82, 2.24) is 14.9 Å². The molecule has 0 saturated carbocycles. The van der Waals surface area contributed by atoms with Crippen LogP contribution in [0.25, 0.3) is 5.69 Å². The lowest BCUT2D eigenvalue weighted by Crippen LogP contribution is -2.29. The summed E-state index contributed by atoms with van der Waals surface area (Å²) in [5.74, 6) is 0.415. The Bertz CT molecular complexity index is 1700. The highest BCUT2D eigenvalue weighted by Crippen LogP contribution is 2.45. The van der Waals surface area contributed by atoms with Gasteiger partial charge < -0.3 is 19.5 Å². The Morgan fingerprint density at radius 2 is 1.80 bits per heavy atom. The zero-order valence-electron chi connectivity index (χ0n) is 23.4. The van der Waals surface area contributed by atoms with E-state index in [1.54, 1.807) is 18.3 Å². The number of aromatic nitrogens is 2. The lowest BCUT2D eigenvalue weighted by Gasteiger charge is -2.29. The molecule has 0 amide bonds. The highest BCUT2D eigenvalue weighted by Gasteiger charge is 2.42. The summed E-state index contributed by atoms with van der Waals surface area (Å²) >= 11 is 5.92. The summed E-state index contributed by atoms with van der Waals surface area (Å²) in [5.41, 5.74) is 8.81. The summed E-state index contributed by atoms with van der Waals surface area (Å²) in [6.45, 7) is 8.51. The van der Waals surface area contributed by atoms with E-state index < -0.39 is 10.0 Å². The number of benzene rings is 2. The van der Waals surface area contributed by atoms with Crippen molar-refractivity contribution in [2.75, 3.05) is 23.0 Å². The van der Waals surface area contributed by atoms with E-state index in [0.29, 0.717) is 16.5 Å². The monoisotopic (exact) mass is 575 g/mol. The molecule has 1 saturated heterocycles. The van der Waals surface area contributed by atoms with Gasteiger partial charge in [0, 0.05) is 29.0 Å². The average molecular weight is 576 g/mol. The van der Waals surface area contributed by atoms with E-state index >= 15 is 0 Å². The van der Waals surface area contributed by atoms with Gasteiger partial charge in [-0.15, -0.1) is 0 Å². The highest BCUT2D eigenvalue weighted by molar-refractivity contribution is 7.92. The number of sulfonamides is 1. The predicted octanol–water partition coefficient (Wildman–Crippen LogP) is 5.66. The third-order valence-corrected chi connectivity index (χ3v) is 8.37. The number of aryl methyl sites for hydroxylation is 2. The Kier molecular flexibility index (Phi) is 7.32. The molecule has 2 aromatic carbocycles. The van der Waals surface area contributed by atoms with Crippen LogP contribution in [0.1, 0.15) is 45.9 Å². The van der Waals surface area contributed by atoms with Gasteiger partial charge >= 0.3 is 0 Å². The average Bonchev–Trinajstić information content (AvgIpc) is 3.40. The zero-order chi connectivity index (χ0) is 28.8. The molecule has 208 valence electrons. The molecule has 2 atom stereocenters. The van der Waals surface area contributed by atoms with Crippen LogP contribution in [0.4, 0.5) is 11.4 Å². The van der Waals surface area contributed by atoms with Gasteiger partial charge in [0.15, 0.2) is 5.11 Å². The SMILES string of the molecule is COc1ccc(N2C(=S)N[C@H](c3ccccn3)[C@H]2c2cc(C)n(-c3cccc(C)c3C)c2C)cc1NS(C)(=O)=O. The van der Waals surface area contributed by atoms with Crippen molar-refractivity contribution in [2.24, 2.45) is 0 Å². The number of methoxy groups -OCH3 is 1. The minimum absolute atomic E-state index is 0.241. The fourth-order valence-electron chi connectivity index (χ4n) is 5.51. The molecule has 8 nitrogen and oxygen atoms in total. The Labute approximate surface area is 241 Å². The summed E-state index contributed by atoms with van der Waals surface area (Å²) in [5, 5.41) is 4.02. The van der Waals surface area contributed by atoms with Crippen molar-refractivity contribution in [3.63, 3.8) is 0 Å². The molecular formula is C30H33N5O3S2. The minimum atomic E-state index is -3.54. The van der Waals surface area contributed by atoms with Gasteiger partial charge in [0.25, 0.3) is 0 Å². The molecule has 0 aliphatic carbocycles. The number of rotatable bonds is 7. The number of thiocarbonyl (C=S) groups is 1. The first-order chi connectivity index (χ1) is 19.0. The summed E-state index contributed by atoms with van der Waals surface area (Å²) in [6.07, 6.45) is 2.89. The molecule has 0 radical (unpaired) electrons. The van der Waals surface area contributed by atoms with Crippen molar-refractivity contribution in [2.45, 2.75) is 39.8 Å². The number of ether oxygens (including phenoxy) is 1. The van der Waals surface area contributed by atoms with Gasteiger partial charge in [0.1, 0.15) is 5.75 Å². The van der Waals surface area contributed by atoms with E-state index in [-0.39, 0.29) is 12.1 Å². The van der Waals surface area contributed by atoms with Crippen LogP contribution < -0.4 is 19.7 Å². The zero-order valence-corrected chi connectivity index (χ0v) is 25.0. The molecule has 1 aliphatic rings. The summed E-state index contributed by atoms with van der Waals surface area (Å²) in [4.78, 5) is 6.71. The van der Waals surface area contributed by atoms with Crippen molar-refractivity contribution < 1.29 is 13.2 Å². The largest absolute Gasteiger partial charge is 0.495 e. The second-order valence-corrected chi connectivity index (χ2v) is 12.3. The smallest absolute Gasteiger partial charge is 0.229 e. The van der Waals surface area contributed by atoms with Crippen molar-refractivity contribution in [3.05, 3.63) is 101 Å². The fraction of sp³-hybridized carbons (Fsp3) is 0.267. The minimum Gasteiger partial charge on any atom is -0.495 e. The van der Waals surface area contributed by atoms with Crippen LogP contribution in [0.5, 0.6) is 5.75 Å². The molecule has 1 aliphatic heterocycles. The van der Waals surface area contributed by atoms with E-state index in [0.717, 1.165) is 40.3 Å². The molecule has 0 bridgehead atoms. The Balaban J connectivity index is 1.70. The number of hydrogen-bond donors (Lipinski definition) is 2. The molecule has 2 aromatic heterocycles. The molecule has 0 spiro atoms. The van der Waals surface area contributed by atoms with E-state index in [2.05, 4.69) is 71.6 Å². The van der Waals surface area contributed by atoms with Gasteiger partial charge in [-0.1, -0.05) is 18.2 Å². The summed E-state index contributed by atoms with van der Waals surface area (Å²) in [7, 11) is -2.03. The highest BCUT2D eigenvalue weighted by atomic mass is 32.2. The number of nitrogens with zero attached hydrogens (tertiary/aromatic N) is 3. The van der Waals surface area contributed by atoms with E-state index in [1.165, 1.54) is 18.2 Å². The van der Waals surface area contributed by atoms with Crippen LogP contribution in [-0.2, 0) is 10.0 Å². The van der Waals surface area contributed by atoms with Crippen LogP contribution in [0.15, 0.2) is 66.9 Å². The van der Waals surface area contributed by atoms with Crippen LogP contribution >= 0.6 is 12.2 Å². The van der Waals surface area contributed by atoms with Crippen molar-refractivity contribution in [1.29, 1.82) is 0 Å². The molecule has 3 heterocycles. The lowest BCUT2D eigenvalue weighted by molar-refractivity contribution is 0.417. The standard InChI is InChI=1S/C30H33N5O3S2/c1-18-10-9-12-26(20(18)3)34-19(2)16-23(21(34)4)29-28(24-11-7-8-15-31-24)32-30(39)35(29)22-13-14-27(38-5)25(17-22)33-40(6,36)37/h7-17,28-29,33H,1-6H3,(H,32,39)/t28-,29-/m1/s1. The predicted molar refractivity (Wildman–Crippen MR) is 164 cm³/mol. The fourth-order valence-corrected chi connectivity index (χ4v) is 6.41. The summed E-state index contributed by atoms with van der Waals surface area (Å²) in [6, 6.07) is 19.3. The molecule has 0 unspecified atom stereocenters. The van der Waals surface area contributed by atoms with Gasteiger partial charge in [-0.2, -0.15) is 0 Å². The number of pyridine rings is 1. The quantitative estimate of drug-likeness (QED) is 0.275. The Hall–Kier alpha value is -3.89. The molecule has 10 heteroatoms. The van der Waals surface area contributed by atoms with Crippen LogP contribution in [0.2, 0.25) is 0 Å². The first-order valence-electron chi connectivity index (χ1n) is 12.9. The second kappa shape index (κ2) is 10.6. The number of nitrogens with one attached hydrogen (secondary N) is 2. The first kappa shape index (κ1) is 27.7. The van der Waals surface area contributed by atoms with Crippen LogP contribution in [0.3, 0.4) is 0 Å². The van der Waals surface area contributed by atoms with Crippen molar-refractivity contribution >= 4 is 38.7 Å². The van der Waals surface area contributed by atoms with Gasteiger partial charge in [0.2, 0.25) is 10.0 Å². The maximum atomic E-state index is 12.1. The Morgan fingerprint density at radius 3 is 2.48 bits per heavy atom. The molecule has 4 aromatic rings. The number of anilines is 2. The molecular weight excluding hydrogens is 542 g/mol. The molecule has 5 rings (SSSR count). The van der Waals surface area contributed by atoms with Crippen LogP contribution in [-0.4, -0.2) is 36.4 Å². The molecule has 1 fully saturated rings. The number of hydrogen-bond acceptors (Lipinski definition) is 5. The maximum Gasteiger partial charge on any atom is 0.229 e. The lowest BCUT2D eigenvalue weighted by atomic mass is 9.96. The van der Waals surface area contributed by atoms with E-state index in [9.17, 15) is 8.42 Å². The third-order valence-electron chi connectivity index (χ3n) is 7.46. The third kappa shape index (κ3) is 5.04. The van der Waals surface area contributed by atoms with E-state index in [1.807, 2.05) is 29.2 Å². The van der Waals surface area contributed by atoms with Gasteiger partial charge in [-0.25, -0.2) is 8.42 Å².